The van der Waals surface area contributed by atoms with Crippen molar-refractivity contribution in [3.63, 3.8) is 0 Å². The molecule has 1 aromatic rings. The first-order chi connectivity index (χ1) is 7.42. The molecule has 0 amide bonds. The minimum absolute atomic E-state index is 0. The van der Waals surface area contributed by atoms with Crippen LogP contribution in [-0.4, -0.2) is 17.4 Å². The van der Waals surface area contributed by atoms with Gasteiger partial charge >= 0.3 is 0 Å². The van der Waals surface area contributed by atoms with Crippen LogP contribution in [0.25, 0.3) is 0 Å². The largest absolute Gasteiger partial charge is 0.493 e. The van der Waals surface area contributed by atoms with Gasteiger partial charge < -0.3 is 15.6 Å². The molecule has 1 unspecified atom stereocenters. The van der Waals surface area contributed by atoms with Crippen molar-refractivity contribution in [3.8, 4) is 5.75 Å². The minimum atomic E-state index is -1.15. The molecule has 1 aromatic carbocycles. The fraction of sp³-hybridized carbons (Fsp3) is 0.538. The first kappa shape index (κ1) is 16.2. The third-order valence-corrected chi connectivity index (χ3v) is 2.79. The van der Waals surface area contributed by atoms with Gasteiger partial charge in [-0.3, -0.25) is 0 Å². The predicted octanol–water partition coefficient (Wildman–Crippen LogP) is 2.49. The third kappa shape index (κ3) is 5.39. The summed E-state index contributed by atoms with van der Waals surface area (Å²) in [5, 5.41) is 9.81. The Bertz CT molecular complexity index is 323. The highest BCUT2D eigenvalue weighted by Crippen LogP contribution is 2.16. The molecule has 0 aromatic heterocycles. The van der Waals surface area contributed by atoms with E-state index in [1.807, 2.05) is 45.0 Å². The lowest BCUT2D eigenvalue weighted by atomic mass is 9.98. The molecule has 1 rings (SSSR count). The molecule has 0 saturated carbocycles. The van der Waals surface area contributed by atoms with Crippen molar-refractivity contribution in [2.24, 2.45) is 11.7 Å². The molecule has 0 saturated heterocycles. The van der Waals surface area contributed by atoms with Crippen molar-refractivity contribution in [3.05, 3.63) is 29.8 Å². The Hall–Kier alpha value is -0.770. The second-order valence-corrected chi connectivity index (χ2v) is 4.56. The van der Waals surface area contributed by atoms with E-state index in [9.17, 15) is 5.11 Å². The topological polar surface area (TPSA) is 55.5 Å². The van der Waals surface area contributed by atoms with Gasteiger partial charge in [-0.1, -0.05) is 31.5 Å². The van der Waals surface area contributed by atoms with Crippen LogP contribution < -0.4 is 10.5 Å². The third-order valence-electron chi connectivity index (χ3n) is 2.79. The minimum Gasteiger partial charge on any atom is -0.493 e. The molecule has 0 radical (unpaired) electrons. The first-order valence-electron chi connectivity index (χ1n) is 5.62. The number of rotatable bonds is 5. The zero-order valence-corrected chi connectivity index (χ0v) is 11.5. The SMILES string of the molecule is Cc1ccc(OCCC(N)(O)C(C)C)cc1.Cl. The number of nitrogens with two attached hydrogens (primary N) is 1. The molecular formula is C13H22ClNO2. The van der Waals surface area contributed by atoms with Crippen LogP contribution in [0, 0.1) is 12.8 Å². The Morgan fingerprint density at radius 3 is 2.29 bits per heavy atom. The molecule has 0 aliphatic carbocycles. The van der Waals surface area contributed by atoms with E-state index in [0.29, 0.717) is 13.0 Å². The van der Waals surface area contributed by atoms with Crippen LogP contribution in [0.1, 0.15) is 25.8 Å². The number of benzene rings is 1. The van der Waals surface area contributed by atoms with Gasteiger partial charge in [0.1, 0.15) is 11.5 Å². The monoisotopic (exact) mass is 259 g/mol. The van der Waals surface area contributed by atoms with Crippen LogP contribution in [0.3, 0.4) is 0 Å². The maximum Gasteiger partial charge on any atom is 0.119 e. The summed E-state index contributed by atoms with van der Waals surface area (Å²) in [4.78, 5) is 0. The molecular weight excluding hydrogens is 238 g/mol. The number of ether oxygens (including phenoxy) is 1. The molecule has 0 fully saturated rings. The fourth-order valence-electron chi connectivity index (χ4n) is 1.26. The lowest BCUT2D eigenvalue weighted by Gasteiger charge is -2.27. The molecule has 17 heavy (non-hydrogen) atoms. The molecule has 0 spiro atoms. The van der Waals surface area contributed by atoms with Gasteiger partial charge in [0.2, 0.25) is 0 Å². The van der Waals surface area contributed by atoms with Crippen LogP contribution in [0.5, 0.6) is 5.75 Å². The average Bonchev–Trinajstić information content (AvgIpc) is 2.20. The van der Waals surface area contributed by atoms with Crippen molar-refractivity contribution in [2.75, 3.05) is 6.61 Å². The van der Waals surface area contributed by atoms with Gasteiger partial charge in [-0.2, -0.15) is 0 Å². The van der Waals surface area contributed by atoms with Crippen molar-refractivity contribution >= 4 is 12.4 Å². The van der Waals surface area contributed by atoms with E-state index in [-0.39, 0.29) is 18.3 Å². The number of halogens is 1. The van der Waals surface area contributed by atoms with Crippen molar-refractivity contribution in [2.45, 2.75) is 32.9 Å². The summed E-state index contributed by atoms with van der Waals surface area (Å²) < 4.78 is 5.51. The van der Waals surface area contributed by atoms with Crippen molar-refractivity contribution < 1.29 is 9.84 Å². The Balaban J connectivity index is 0.00000256. The van der Waals surface area contributed by atoms with Crippen LogP contribution in [-0.2, 0) is 0 Å². The second kappa shape index (κ2) is 6.84. The van der Waals surface area contributed by atoms with Crippen LogP contribution in [0.4, 0.5) is 0 Å². The van der Waals surface area contributed by atoms with Crippen molar-refractivity contribution in [1.82, 2.24) is 0 Å². The van der Waals surface area contributed by atoms with Gasteiger partial charge in [-0.15, -0.1) is 12.4 Å². The summed E-state index contributed by atoms with van der Waals surface area (Å²) in [5.74, 6) is 0.833. The number of aryl methyl sites for hydroxylation is 1. The number of hydrogen-bond acceptors (Lipinski definition) is 3. The highest BCUT2D eigenvalue weighted by Gasteiger charge is 2.25. The molecule has 0 bridgehead atoms. The standard InChI is InChI=1S/C13H21NO2.ClH/c1-10(2)13(14,15)8-9-16-12-6-4-11(3)5-7-12;/h4-7,10,15H,8-9,14H2,1-3H3;1H. The maximum atomic E-state index is 9.81. The van der Waals surface area contributed by atoms with E-state index in [4.69, 9.17) is 10.5 Å². The molecule has 0 aliphatic rings. The van der Waals surface area contributed by atoms with Gasteiger partial charge in [0.25, 0.3) is 0 Å². The zero-order valence-electron chi connectivity index (χ0n) is 10.6. The Morgan fingerprint density at radius 1 is 1.29 bits per heavy atom. The van der Waals surface area contributed by atoms with Crippen LogP contribution in [0.15, 0.2) is 24.3 Å². The summed E-state index contributed by atoms with van der Waals surface area (Å²) in [7, 11) is 0. The van der Waals surface area contributed by atoms with Gasteiger partial charge in [0.05, 0.1) is 6.61 Å². The smallest absolute Gasteiger partial charge is 0.119 e. The van der Waals surface area contributed by atoms with Gasteiger partial charge in [0, 0.05) is 6.42 Å². The Labute approximate surface area is 109 Å². The van der Waals surface area contributed by atoms with Gasteiger partial charge in [0.15, 0.2) is 0 Å². The lowest BCUT2D eigenvalue weighted by Crippen LogP contribution is -2.46. The summed E-state index contributed by atoms with van der Waals surface area (Å²) in [6.45, 7) is 6.24. The van der Waals surface area contributed by atoms with E-state index < -0.39 is 5.72 Å². The average molecular weight is 260 g/mol. The normalized spacial score (nSPS) is 14.0. The lowest BCUT2D eigenvalue weighted by molar-refractivity contribution is -0.0169. The van der Waals surface area contributed by atoms with Crippen LogP contribution in [0.2, 0.25) is 0 Å². The summed E-state index contributed by atoms with van der Waals surface area (Å²) in [6.07, 6.45) is 0.429. The highest BCUT2D eigenvalue weighted by atomic mass is 35.5. The quantitative estimate of drug-likeness (QED) is 0.799. The number of hydrogen-bond donors (Lipinski definition) is 2. The van der Waals surface area contributed by atoms with E-state index in [0.717, 1.165) is 5.75 Å². The molecule has 4 heteroatoms. The van der Waals surface area contributed by atoms with E-state index in [1.54, 1.807) is 0 Å². The molecule has 0 heterocycles. The molecule has 98 valence electrons. The summed E-state index contributed by atoms with van der Waals surface area (Å²) >= 11 is 0. The van der Waals surface area contributed by atoms with Crippen molar-refractivity contribution in [1.29, 1.82) is 0 Å². The molecule has 3 nitrogen and oxygen atoms in total. The maximum absolute atomic E-state index is 9.81. The summed E-state index contributed by atoms with van der Waals surface area (Å²) in [6, 6.07) is 7.82. The van der Waals surface area contributed by atoms with E-state index >= 15 is 0 Å². The Kier molecular flexibility index (Phi) is 6.53. The number of aliphatic hydroxyl groups is 1. The van der Waals surface area contributed by atoms with Crippen LogP contribution >= 0.6 is 12.4 Å². The van der Waals surface area contributed by atoms with E-state index in [2.05, 4.69) is 0 Å². The Morgan fingerprint density at radius 2 is 1.82 bits per heavy atom. The molecule has 3 N–H and O–H groups in total. The molecule has 0 aliphatic heterocycles. The molecule has 1 atom stereocenters. The summed E-state index contributed by atoms with van der Waals surface area (Å²) in [5.41, 5.74) is 5.77. The predicted molar refractivity (Wildman–Crippen MR) is 72.5 cm³/mol. The van der Waals surface area contributed by atoms with Gasteiger partial charge in [-0.25, -0.2) is 0 Å². The highest BCUT2D eigenvalue weighted by molar-refractivity contribution is 5.85. The first-order valence-corrected chi connectivity index (χ1v) is 5.62. The zero-order chi connectivity index (χ0) is 12.2. The second-order valence-electron chi connectivity index (χ2n) is 4.56. The van der Waals surface area contributed by atoms with E-state index in [1.165, 1.54) is 5.56 Å². The van der Waals surface area contributed by atoms with Gasteiger partial charge in [-0.05, 0) is 25.0 Å². The fourth-order valence-corrected chi connectivity index (χ4v) is 1.26.